The monoisotopic (exact) mass is 544 g/mol. The minimum Gasteiger partial charge on any atom is -0.288 e. The van der Waals surface area contributed by atoms with Crippen LogP contribution < -0.4 is 32.6 Å². The van der Waals surface area contributed by atoms with Crippen LogP contribution in [0.15, 0.2) is 77.3 Å². The van der Waals surface area contributed by atoms with Crippen LogP contribution in [0.3, 0.4) is 0 Å². The van der Waals surface area contributed by atoms with Crippen LogP contribution in [0.25, 0.3) is 59.1 Å². The number of fused-ring (bicyclic) bond motifs is 6. The first-order chi connectivity index (χ1) is 17.4. The summed E-state index contributed by atoms with van der Waals surface area (Å²) in [5.74, 6) is 0. The van der Waals surface area contributed by atoms with E-state index in [2.05, 4.69) is 0 Å². The van der Waals surface area contributed by atoms with Crippen LogP contribution in [0.1, 0.15) is 0 Å². The molecule has 0 unspecified atom stereocenters. The predicted octanol–water partition coefficient (Wildman–Crippen LogP) is 4.45. The third kappa shape index (κ3) is 2.69. The fraction of sp³-hybridized carbons (Fsp3) is 0. The molecule has 0 atom stereocenters. The largest absolute Gasteiger partial charge is 0.288 e. The van der Waals surface area contributed by atoms with Gasteiger partial charge in [0.2, 0.25) is 32.6 Å². The first-order valence-corrected chi connectivity index (χ1v) is 13.8. The second-order valence-electron chi connectivity index (χ2n) is 8.11. The second-order valence-corrected chi connectivity index (χ2v) is 12.2. The van der Waals surface area contributed by atoms with Crippen LogP contribution in [0.4, 0.5) is 0 Å². The van der Waals surface area contributed by atoms with Crippen molar-refractivity contribution in [2.24, 2.45) is 0 Å². The molecular weight excluding hydrogens is 537 g/mol. The molecule has 0 aliphatic rings. The SMILES string of the molecule is O=c1c2ccccc2c(=O)c2sc3c(=O)c4sc5c(=O)c6ccccc6c(=O)c5sc4c(=O)c3sc12. The number of hydrogen-bond donors (Lipinski definition) is 0. The summed E-state index contributed by atoms with van der Waals surface area (Å²) in [7, 11) is 0. The summed E-state index contributed by atoms with van der Waals surface area (Å²) in [6.45, 7) is 0. The first-order valence-electron chi connectivity index (χ1n) is 10.5. The Kier molecular flexibility index (Phi) is 4.44. The van der Waals surface area contributed by atoms with E-state index < -0.39 is 10.9 Å². The lowest BCUT2D eigenvalue weighted by molar-refractivity contribution is 1.72. The molecule has 2 heterocycles. The van der Waals surface area contributed by atoms with E-state index in [1.807, 2.05) is 0 Å². The molecule has 0 N–H and O–H groups in total. The fourth-order valence-corrected chi connectivity index (χ4v) is 9.45. The Morgan fingerprint density at radius 2 is 0.500 bits per heavy atom. The van der Waals surface area contributed by atoms with Crippen LogP contribution in [-0.2, 0) is 0 Å². The van der Waals surface area contributed by atoms with E-state index in [9.17, 15) is 28.8 Å². The zero-order valence-corrected chi connectivity index (χ0v) is 21.0. The lowest BCUT2D eigenvalue weighted by Gasteiger charge is -2.05. The van der Waals surface area contributed by atoms with Crippen molar-refractivity contribution >= 4 is 104 Å². The van der Waals surface area contributed by atoms with E-state index in [1.54, 1.807) is 48.5 Å². The highest BCUT2D eigenvalue weighted by molar-refractivity contribution is 7.38. The van der Waals surface area contributed by atoms with Crippen molar-refractivity contribution in [3.63, 3.8) is 0 Å². The maximum absolute atomic E-state index is 13.6. The summed E-state index contributed by atoms with van der Waals surface area (Å²) in [4.78, 5) is 79.8. The van der Waals surface area contributed by atoms with E-state index in [-0.39, 0.29) is 80.9 Å². The lowest BCUT2D eigenvalue weighted by atomic mass is 10.1. The highest BCUT2D eigenvalue weighted by Gasteiger charge is 2.21. The molecule has 2 aromatic heterocycles. The Balaban J connectivity index is 1.74. The van der Waals surface area contributed by atoms with Crippen LogP contribution >= 0.6 is 45.3 Å². The molecular formula is C26H8O6S4. The lowest BCUT2D eigenvalue weighted by Crippen LogP contribution is -2.15. The van der Waals surface area contributed by atoms with Gasteiger partial charge in [0, 0.05) is 21.5 Å². The third-order valence-corrected chi connectivity index (χ3v) is 11.4. The molecule has 0 fully saturated rings. The van der Waals surface area contributed by atoms with Crippen molar-refractivity contribution in [3.05, 3.63) is 110 Å². The minimum absolute atomic E-state index is 0.0650. The smallest absolute Gasteiger partial charge is 0.216 e. The molecule has 0 amide bonds. The highest BCUT2D eigenvalue weighted by atomic mass is 32.1. The first kappa shape index (κ1) is 21.6. The van der Waals surface area contributed by atoms with Crippen molar-refractivity contribution in [1.82, 2.24) is 0 Å². The van der Waals surface area contributed by atoms with Crippen molar-refractivity contribution in [2.75, 3.05) is 0 Å². The summed E-state index contributed by atoms with van der Waals surface area (Å²) in [5.41, 5.74) is -2.47. The Hall–Kier alpha value is -3.70. The van der Waals surface area contributed by atoms with Gasteiger partial charge >= 0.3 is 0 Å². The van der Waals surface area contributed by atoms with Gasteiger partial charge in [-0.3, -0.25) is 28.8 Å². The zero-order chi connectivity index (χ0) is 24.9. The van der Waals surface area contributed by atoms with Gasteiger partial charge in [0.05, 0.1) is 37.6 Å². The molecule has 172 valence electrons. The maximum Gasteiger partial charge on any atom is 0.216 e. The molecule has 0 saturated heterocycles. The Morgan fingerprint density at radius 1 is 0.306 bits per heavy atom. The molecule has 6 nitrogen and oxygen atoms in total. The maximum atomic E-state index is 13.6. The van der Waals surface area contributed by atoms with E-state index >= 15 is 0 Å². The Labute approximate surface area is 213 Å². The summed E-state index contributed by atoms with van der Waals surface area (Å²) in [6.07, 6.45) is 0. The number of benzene rings is 5. The predicted molar refractivity (Wildman–Crippen MR) is 152 cm³/mol. The molecule has 36 heavy (non-hydrogen) atoms. The topological polar surface area (TPSA) is 102 Å². The van der Waals surface area contributed by atoms with E-state index in [1.165, 1.54) is 0 Å². The summed E-state index contributed by atoms with van der Waals surface area (Å²) < 4.78 is 0.756. The number of rotatable bonds is 0. The average Bonchev–Trinajstić information content (AvgIpc) is 2.92. The van der Waals surface area contributed by atoms with Gasteiger partial charge in [-0.05, 0) is 0 Å². The highest BCUT2D eigenvalue weighted by Crippen LogP contribution is 2.33. The molecule has 0 aliphatic carbocycles. The average molecular weight is 545 g/mol. The van der Waals surface area contributed by atoms with Crippen molar-refractivity contribution in [2.45, 2.75) is 0 Å². The molecule has 7 aromatic rings. The van der Waals surface area contributed by atoms with Gasteiger partial charge in [-0.2, -0.15) is 0 Å². The van der Waals surface area contributed by atoms with Gasteiger partial charge in [-0.15, -0.1) is 45.3 Å². The van der Waals surface area contributed by atoms with Gasteiger partial charge in [0.25, 0.3) is 0 Å². The Bertz CT molecular complexity index is 2160. The van der Waals surface area contributed by atoms with Crippen LogP contribution in [0.2, 0.25) is 0 Å². The van der Waals surface area contributed by atoms with E-state index in [0.29, 0.717) is 0 Å². The van der Waals surface area contributed by atoms with Gasteiger partial charge in [0.1, 0.15) is 0 Å². The third-order valence-electron chi connectivity index (χ3n) is 6.12. The van der Waals surface area contributed by atoms with Crippen LogP contribution in [0, 0.1) is 0 Å². The molecule has 0 saturated carbocycles. The zero-order valence-electron chi connectivity index (χ0n) is 17.7. The standard InChI is InChI=1S/C26H8O6S4/c27-13-9-5-1-2-6-10(9)14(28)20-19(13)33-23-17(31)25-26(18(32)24(23)34-20)36-22-16(30)12-8-4-3-7-11(12)15(29)21(22)35-25/h1-8H. The van der Waals surface area contributed by atoms with Crippen LogP contribution in [0.5, 0.6) is 0 Å². The van der Waals surface area contributed by atoms with Crippen molar-refractivity contribution < 1.29 is 0 Å². The molecule has 10 heteroatoms. The summed E-state index contributed by atoms with van der Waals surface area (Å²) >= 11 is 3.34. The van der Waals surface area contributed by atoms with Crippen molar-refractivity contribution in [1.29, 1.82) is 0 Å². The van der Waals surface area contributed by atoms with Gasteiger partial charge in [-0.25, -0.2) is 0 Å². The van der Waals surface area contributed by atoms with Crippen LogP contribution in [-0.4, -0.2) is 0 Å². The van der Waals surface area contributed by atoms with Crippen molar-refractivity contribution in [3.8, 4) is 0 Å². The van der Waals surface area contributed by atoms with E-state index in [0.717, 1.165) is 45.3 Å². The molecule has 0 bridgehead atoms. The van der Waals surface area contributed by atoms with Gasteiger partial charge < -0.3 is 0 Å². The summed E-state index contributed by atoms with van der Waals surface area (Å²) in [6, 6.07) is 12.9. The van der Waals surface area contributed by atoms with Gasteiger partial charge in [-0.1, -0.05) is 48.5 Å². The molecule has 5 aromatic carbocycles. The molecule has 0 spiro atoms. The number of hydrogen-bond acceptors (Lipinski definition) is 10. The summed E-state index contributed by atoms with van der Waals surface area (Å²) in [5, 5.41) is 1.04. The quantitative estimate of drug-likeness (QED) is 0.262. The second kappa shape index (κ2) is 7.40. The Morgan fingerprint density at radius 3 is 0.722 bits per heavy atom. The van der Waals surface area contributed by atoms with E-state index in [4.69, 9.17) is 0 Å². The molecule has 0 aliphatic heterocycles. The fourth-order valence-electron chi connectivity index (χ4n) is 4.43. The minimum atomic E-state index is -0.495. The van der Waals surface area contributed by atoms with Gasteiger partial charge in [0.15, 0.2) is 0 Å². The molecule has 0 radical (unpaired) electrons. The normalized spacial score (nSPS) is 12.0. The molecule has 7 rings (SSSR count).